The third-order valence-corrected chi connectivity index (χ3v) is 6.19. The first-order valence-corrected chi connectivity index (χ1v) is 9.97. The van der Waals surface area contributed by atoms with Crippen molar-refractivity contribution in [2.24, 2.45) is 0 Å². The molecular formula is C18H21ClN4OS. The Morgan fingerprint density at radius 3 is 2.76 bits per heavy atom. The van der Waals surface area contributed by atoms with Gasteiger partial charge in [-0.3, -0.25) is 4.79 Å². The Labute approximate surface area is 156 Å². The fourth-order valence-electron chi connectivity index (χ4n) is 2.85. The van der Waals surface area contributed by atoms with Crippen LogP contribution in [0.1, 0.15) is 56.0 Å². The molecule has 0 spiro atoms. The maximum atomic E-state index is 12.6. The molecule has 1 amide bonds. The maximum Gasteiger partial charge on any atom is 0.237 e. The van der Waals surface area contributed by atoms with E-state index >= 15 is 0 Å². The van der Waals surface area contributed by atoms with Gasteiger partial charge in [0.05, 0.1) is 5.25 Å². The number of nitrogens with zero attached hydrogens (tertiary/aromatic N) is 3. The summed E-state index contributed by atoms with van der Waals surface area (Å²) in [6.07, 6.45) is 4.79. The Bertz CT molecular complexity index is 813. The third-order valence-electron chi connectivity index (χ3n) is 4.72. The number of carbonyl (C=O) groups excluding carboxylic acids is 1. The molecule has 0 aliphatic heterocycles. The van der Waals surface area contributed by atoms with Crippen LogP contribution in [0, 0.1) is 6.92 Å². The van der Waals surface area contributed by atoms with Crippen molar-refractivity contribution in [2.75, 3.05) is 5.32 Å². The van der Waals surface area contributed by atoms with Crippen LogP contribution in [0.2, 0.25) is 5.02 Å². The van der Waals surface area contributed by atoms with Crippen molar-refractivity contribution in [1.82, 2.24) is 14.8 Å². The average Bonchev–Trinajstić information content (AvgIpc) is 3.50. The van der Waals surface area contributed by atoms with Crippen LogP contribution < -0.4 is 5.32 Å². The highest BCUT2D eigenvalue weighted by atomic mass is 35.5. The van der Waals surface area contributed by atoms with E-state index < -0.39 is 0 Å². The highest BCUT2D eigenvalue weighted by Crippen LogP contribution is 2.46. The molecule has 2 aliphatic carbocycles. The smallest absolute Gasteiger partial charge is 0.237 e. The van der Waals surface area contributed by atoms with Crippen molar-refractivity contribution < 1.29 is 4.79 Å². The number of halogens is 1. The van der Waals surface area contributed by atoms with Gasteiger partial charge in [-0.1, -0.05) is 29.4 Å². The average molecular weight is 377 g/mol. The van der Waals surface area contributed by atoms with E-state index in [1.54, 1.807) is 0 Å². The van der Waals surface area contributed by atoms with E-state index in [-0.39, 0.29) is 11.2 Å². The van der Waals surface area contributed by atoms with E-state index in [1.165, 1.54) is 37.4 Å². The first-order chi connectivity index (χ1) is 12.0. The lowest BCUT2D eigenvalue weighted by Crippen LogP contribution is -2.23. The number of aromatic nitrogens is 3. The van der Waals surface area contributed by atoms with Gasteiger partial charge in [0, 0.05) is 22.7 Å². The Hall–Kier alpha value is -1.53. The summed E-state index contributed by atoms with van der Waals surface area (Å²) >= 11 is 7.62. The summed E-state index contributed by atoms with van der Waals surface area (Å²) in [5, 5.41) is 13.0. The highest BCUT2D eigenvalue weighted by Gasteiger charge is 2.37. The molecule has 5 nitrogen and oxygen atoms in total. The van der Waals surface area contributed by atoms with Crippen molar-refractivity contribution in [2.45, 2.75) is 61.9 Å². The maximum absolute atomic E-state index is 12.6. The SMILES string of the molecule is Cc1c(Cl)cccc1NC(=O)C(C)Sc1nnc(C2CC2)n1C1CC1. The number of rotatable bonds is 6. The van der Waals surface area contributed by atoms with Crippen LogP contribution >= 0.6 is 23.4 Å². The van der Waals surface area contributed by atoms with Gasteiger partial charge in [-0.2, -0.15) is 0 Å². The zero-order valence-electron chi connectivity index (χ0n) is 14.3. The molecule has 1 aromatic heterocycles. The third kappa shape index (κ3) is 3.55. The lowest BCUT2D eigenvalue weighted by Gasteiger charge is -2.14. The van der Waals surface area contributed by atoms with Gasteiger partial charge in [0.1, 0.15) is 5.82 Å². The van der Waals surface area contributed by atoms with Crippen LogP contribution in [-0.4, -0.2) is 25.9 Å². The Kier molecular flexibility index (Phi) is 4.50. The molecule has 4 rings (SSSR count). The van der Waals surface area contributed by atoms with Crippen LogP contribution in [0.15, 0.2) is 23.4 Å². The van der Waals surface area contributed by atoms with Crippen molar-refractivity contribution >= 4 is 35.0 Å². The number of anilines is 1. The Morgan fingerprint density at radius 2 is 2.08 bits per heavy atom. The number of benzene rings is 1. The molecule has 0 bridgehead atoms. The molecule has 0 radical (unpaired) electrons. The minimum Gasteiger partial charge on any atom is -0.325 e. The van der Waals surface area contributed by atoms with E-state index in [4.69, 9.17) is 11.6 Å². The highest BCUT2D eigenvalue weighted by molar-refractivity contribution is 8.00. The van der Waals surface area contributed by atoms with E-state index in [9.17, 15) is 4.79 Å². The molecule has 2 aliphatic rings. The number of nitrogens with one attached hydrogen (secondary N) is 1. The second-order valence-corrected chi connectivity index (χ2v) is 8.59. The number of hydrogen-bond acceptors (Lipinski definition) is 4. The number of thioether (sulfide) groups is 1. The molecule has 1 unspecified atom stereocenters. The van der Waals surface area contributed by atoms with Gasteiger partial charge in [0.15, 0.2) is 5.16 Å². The molecule has 1 aromatic carbocycles. The minimum absolute atomic E-state index is 0.0475. The monoisotopic (exact) mass is 376 g/mol. The van der Waals surface area contributed by atoms with Gasteiger partial charge in [0.2, 0.25) is 5.91 Å². The summed E-state index contributed by atoms with van der Waals surface area (Å²) in [5.41, 5.74) is 1.64. The number of amides is 1. The van der Waals surface area contributed by atoms with Crippen LogP contribution in [0.4, 0.5) is 5.69 Å². The normalized spacial score (nSPS) is 18.2. The minimum atomic E-state index is -0.257. The topological polar surface area (TPSA) is 59.8 Å². The van der Waals surface area contributed by atoms with Gasteiger partial charge in [-0.15, -0.1) is 10.2 Å². The second-order valence-electron chi connectivity index (χ2n) is 6.88. The fraction of sp³-hybridized carbons (Fsp3) is 0.500. The van der Waals surface area contributed by atoms with Crippen molar-refractivity contribution in [3.63, 3.8) is 0 Å². The van der Waals surface area contributed by atoms with Gasteiger partial charge < -0.3 is 9.88 Å². The van der Waals surface area contributed by atoms with E-state index in [0.717, 1.165) is 22.2 Å². The van der Waals surface area contributed by atoms with Gasteiger partial charge in [-0.05, 0) is 57.2 Å². The quantitative estimate of drug-likeness (QED) is 0.750. The first-order valence-electron chi connectivity index (χ1n) is 8.72. The molecule has 2 aromatic rings. The summed E-state index contributed by atoms with van der Waals surface area (Å²) in [6.45, 7) is 3.81. The van der Waals surface area contributed by atoms with Crippen LogP contribution in [-0.2, 0) is 4.79 Å². The van der Waals surface area contributed by atoms with Crippen molar-refractivity contribution in [1.29, 1.82) is 0 Å². The van der Waals surface area contributed by atoms with Crippen LogP contribution in [0.3, 0.4) is 0 Å². The van der Waals surface area contributed by atoms with Gasteiger partial charge in [-0.25, -0.2) is 0 Å². The molecule has 1 heterocycles. The standard InChI is InChI=1S/C18H21ClN4OS/c1-10-14(19)4-3-5-15(10)20-17(24)11(2)25-18-22-21-16(12-6-7-12)23(18)13-8-9-13/h3-5,11-13H,6-9H2,1-2H3,(H,20,24). The van der Waals surface area contributed by atoms with E-state index in [0.29, 0.717) is 17.0 Å². The summed E-state index contributed by atoms with van der Waals surface area (Å²) in [7, 11) is 0. The number of carbonyl (C=O) groups is 1. The van der Waals surface area contributed by atoms with E-state index in [2.05, 4.69) is 20.1 Å². The van der Waals surface area contributed by atoms with Gasteiger partial charge in [0.25, 0.3) is 0 Å². The molecule has 0 saturated heterocycles. The largest absolute Gasteiger partial charge is 0.325 e. The molecule has 132 valence electrons. The zero-order chi connectivity index (χ0) is 17.6. The van der Waals surface area contributed by atoms with Crippen LogP contribution in [0.25, 0.3) is 0 Å². The van der Waals surface area contributed by atoms with E-state index in [1.807, 2.05) is 32.0 Å². The summed E-state index contributed by atoms with van der Waals surface area (Å²) in [4.78, 5) is 12.6. The molecule has 1 atom stereocenters. The molecule has 2 fully saturated rings. The lowest BCUT2D eigenvalue weighted by molar-refractivity contribution is -0.115. The molecule has 2 saturated carbocycles. The first kappa shape index (κ1) is 16.9. The molecular weight excluding hydrogens is 356 g/mol. The molecule has 7 heteroatoms. The predicted octanol–water partition coefficient (Wildman–Crippen LogP) is 4.57. The Morgan fingerprint density at radius 1 is 1.32 bits per heavy atom. The summed E-state index contributed by atoms with van der Waals surface area (Å²) in [6, 6.07) is 6.06. The Balaban J connectivity index is 1.47. The van der Waals surface area contributed by atoms with Crippen molar-refractivity contribution in [3.8, 4) is 0 Å². The lowest BCUT2D eigenvalue weighted by atomic mass is 10.2. The van der Waals surface area contributed by atoms with Crippen LogP contribution in [0.5, 0.6) is 0 Å². The zero-order valence-corrected chi connectivity index (χ0v) is 15.9. The fourth-order valence-corrected chi connectivity index (χ4v) is 3.95. The summed E-state index contributed by atoms with van der Waals surface area (Å²) < 4.78 is 2.27. The number of hydrogen-bond donors (Lipinski definition) is 1. The molecule has 25 heavy (non-hydrogen) atoms. The second kappa shape index (κ2) is 6.65. The summed E-state index contributed by atoms with van der Waals surface area (Å²) in [5.74, 6) is 1.64. The van der Waals surface area contributed by atoms with Crippen molar-refractivity contribution in [3.05, 3.63) is 34.6 Å². The predicted molar refractivity (Wildman–Crippen MR) is 100 cm³/mol. The van der Waals surface area contributed by atoms with Gasteiger partial charge >= 0.3 is 0 Å². The molecule has 1 N–H and O–H groups in total.